The minimum atomic E-state index is 0.579. The Labute approximate surface area is 62.2 Å². The van der Waals surface area contributed by atoms with E-state index in [1.165, 1.54) is 19.5 Å². The Bertz CT molecular complexity index is 133. The van der Waals surface area contributed by atoms with Gasteiger partial charge in [-0.3, -0.25) is 0 Å². The van der Waals surface area contributed by atoms with E-state index < -0.39 is 0 Å². The molecule has 1 aliphatic carbocycles. The van der Waals surface area contributed by atoms with Gasteiger partial charge in [0.15, 0.2) is 0 Å². The van der Waals surface area contributed by atoms with Gasteiger partial charge in [-0.25, -0.2) is 0 Å². The molecular weight excluding hydrogens is 126 g/mol. The Kier molecular flexibility index (Phi) is 1.46. The Morgan fingerprint density at radius 1 is 1.40 bits per heavy atom. The maximum absolute atomic E-state index is 5.32. The fourth-order valence-corrected chi connectivity index (χ4v) is 2.34. The highest BCUT2D eigenvalue weighted by molar-refractivity contribution is 4.97. The van der Waals surface area contributed by atoms with E-state index in [9.17, 15) is 0 Å². The van der Waals surface area contributed by atoms with Crippen LogP contribution < -0.4 is 0 Å². The molecule has 2 heteroatoms. The molecule has 0 N–H and O–H groups in total. The van der Waals surface area contributed by atoms with E-state index in [1.54, 1.807) is 0 Å². The summed E-state index contributed by atoms with van der Waals surface area (Å²) in [6.45, 7) is 2.55. The molecule has 3 atom stereocenters. The number of hydrogen-bond acceptors (Lipinski definition) is 2. The molecule has 0 aromatic rings. The molecule has 1 heterocycles. The molecule has 1 saturated carbocycles. The van der Waals surface area contributed by atoms with Crippen LogP contribution in [0.2, 0.25) is 0 Å². The Balaban J connectivity index is 1.93. The van der Waals surface area contributed by atoms with Crippen LogP contribution in [-0.2, 0) is 4.74 Å². The van der Waals surface area contributed by atoms with Crippen molar-refractivity contribution in [1.29, 1.82) is 0 Å². The molecule has 0 aromatic carbocycles. The monoisotopic (exact) mass is 141 g/mol. The molecule has 2 aliphatic rings. The van der Waals surface area contributed by atoms with Crippen molar-refractivity contribution in [2.45, 2.75) is 12.5 Å². The average Bonchev–Trinajstić information content (AvgIpc) is 2.15. The van der Waals surface area contributed by atoms with Gasteiger partial charge in [-0.2, -0.15) is 0 Å². The van der Waals surface area contributed by atoms with E-state index in [2.05, 4.69) is 11.9 Å². The maximum atomic E-state index is 5.32. The molecule has 1 aliphatic heterocycles. The summed E-state index contributed by atoms with van der Waals surface area (Å²) in [5, 5.41) is 0. The van der Waals surface area contributed by atoms with Crippen LogP contribution >= 0.6 is 0 Å². The summed E-state index contributed by atoms with van der Waals surface area (Å²) in [5.41, 5.74) is 0. The van der Waals surface area contributed by atoms with Crippen molar-refractivity contribution in [1.82, 2.24) is 4.90 Å². The third-order valence-electron chi connectivity index (χ3n) is 2.99. The van der Waals surface area contributed by atoms with Crippen molar-refractivity contribution in [2.75, 3.05) is 27.2 Å². The SMILES string of the molecule is COC1CC2CN(C)CC21. The first kappa shape index (κ1) is 6.62. The minimum absolute atomic E-state index is 0.579. The number of nitrogens with zero attached hydrogens (tertiary/aromatic N) is 1. The lowest BCUT2D eigenvalue weighted by Crippen LogP contribution is -2.41. The van der Waals surface area contributed by atoms with Gasteiger partial charge in [-0.1, -0.05) is 0 Å². The van der Waals surface area contributed by atoms with Gasteiger partial charge in [0, 0.05) is 26.1 Å². The average molecular weight is 141 g/mol. The summed E-state index contributed by atoms with van der Waals surface area (Å²) in [5.74, 6) is 1.81. The van der Waals surface area contributed by atoms with Gasteiger partial charge in [-0.15, -0.1) is 0 Å². The van der Waals surface area contributed by atoms with Crippen molar-refractivity contribution in [3.63, 3.8) is 0 Å². The molecule has 58 valence electrons. The third kappa shape index (κ3) is 0.789. The normalized spacial score (nSPS) is 46.8. The van der Waals surface area contributed by atoms with Crippen LogP contribution in [0.5, 0.6) is 0 Å². The van der Waals surface area contributed by atoms with Crippen LogP contribution in [0.3, 0.4) is 0 Å². The second-order valence-corrected chi connectivity index (χ2v) is 3.66. The van der Waals surface area contributed by atoms with Gasteiger partial charge in [0.2, 0.25) is 0 Å². The van der Waals surface area contributed by atoms with Gasteiger partial charge in [0.1, 0.15) is 0 Å². The van der Waals surface area contributed by atoms with Gasteiger partial charge < -0.3 is 9.64 Å². The number of methoxy groups -OCH3 is 1. The Morgan fingerprint density at radius 2 is 2.20 bits per heavy atom. The van der Waals surface area contributed by atoms with Gasteiger partial charge in [-0.05, 0) is 19.4 Å². The Hall–Kier alpha value is -0.0800. The zero-order valence-corrected chi connectivity index (χ0v) is 6.71. The first-order valence-electron chi connectivity index (χ1n) is 4.02. The van der Waals surface area contributed by atoms with E-state index in [-0.39, 0.29) is 0 Å². The first-order chi connectivity index (χ1) is 4.81. The molecule has 3 unspecified atom stereocenters. The van der Waals surface area contributed by atoms with Crippen molar-refractivity contribution >= 4 is 0 Å². The van der Waals surface area contributed by atoms with E-state index >= 15 is 0 Å². The van der Waals surface area contributed by atoms with Crippen molar-refractivity contribution in [3.05, 3.63) is 0 Å². The Morgan fingerprint density at radius 3 is 2.80 bits per heavy atom. The van der Waals surface area contributed by atoms with E-state index in [0.717, 1.165) is 11.8 Å². The molecule has 0 amide bonds. The summed E-state index contributed by atoms with van der Waals surface area (Å²) < 4.78 is 5.32. The number of ether oxygens (including phenoxy) is 1. The first-order valence-corrected chi connectivity index (χ1v) is 4.02. The molecule has 10 heavy (non-hydrogen) atoms. The molecule has 0 bridgehead atoms. The number of hydrogen-bond donors (Lipinski definition) is 0. The van der Waals surface area contributed by atoms with Gasteiger partial charge >= 0.3 is 0 Å². The van der Waals surface area contributed by atoms with Crippen LogP contribution in [0.25, 0.3) is 0 Å². The largest absolute Gasteiger partial charge is 0.381 e. The fraction of sp³-hybridized carbons (Fsp3) is 1.00. The minimum Gasteiger partial charge on any atom is -0.381 e. The second-order valence-electron chi connectivity index (χ2n) is 3.66. The number of rotatable bonds is 1. The summed E-state index contributed by atoms with van der Waals surface area (Å²) >= 11 is 0. The zero-order valence-electron chi connectivity index (χ0n) is 6.71. The van der Waals surface area contributed by atoms with Gasteiger partial charge in [0.25, 0.3) is 0 Å². The molecule has 2 nitrogen and oxygen atoms in total. The van der Waals surface area contributed by atoms with Crippen molar-refractivity contribution in [2.24, 2.45) is 11.8 Å². The quantitative estimate of drug-likeness (QED) is 0.529. The number of fused-ring (bicyclic) bond motifs is 1. The highest BCUT2D eigenvalue weighted by Gasteiger charge is 2.45. The smallest absolute Gasteiger partial charge is 0.0618 e. The molecule has 0 aromatic heterocycles. The summed E-state index contributed by atoms with van der Waals surface area (Å²) in [4.78, 5) is 2.41. The van der Waals surface area contributed by atoms with Crippen LogP contribution in [0, 0.1) is 11.8 Å². The van der Waals surface area contributed by atoms with E-state index in [4.69, 9.17) is 4.74 Å². The van der Waals surface area contributed by atoms with Crippen molar-refractivity contribution in [3.8, 4) is 0 Å². The summed E-state index contributed by atoms with van der Waals surface area (Å²) in [6.07, 6.45) is 1.88. The predicted molar refractivity (Wildman–Crippen MR) is 39.9 cm³/mol. The van der Waals surface area contributed by atoms with Gasteiger partial charge in [0.05, 0.1) is 6.10 Å². The molecule has 0 radical (unpaired) electrons. The van der Waals surface area contributed by atoms with E-state index in [0.29, 0.717) is 6.10 Å². The zero-order chi connectivity index (χ0) is 7.14. The number of likely N-dealkylation sites (tertiary alicyclic amines) is 1. The molecule has 1 saturated heterocycles. The molecule has 2 fully saturated rings. The summed E-state index contributed by atoms with van der Waals surface area (Å²) in [6, 6.07) is 0. The molecule has 2 rings (SSSR count). The van der Waals surface area contributed by atoms with Crippen molar-refractivity contribution < 1.29 is 4.74 Å². The second kappa shape index (κ2) is 2.21. The highest BCUT2D eigenvalue weighted by Crippen LogP contribution is 2.41. The van der Waals surface area contributed by atoms with Crippen LogP contribution in [0.15, 0.2) is 0 Å². The van der Waals surface area contributed by atoms with Crippen LogP contribution in [0.4, 0.5) is 0 Å². The fourth-order valence-electron chi connectivity index (χ4n) is 2.34. The predicted octanol–water partition coefficient (Wildman–Crippen LogP) is 0.583. The maximum Gasteiger partial charge on any atom is 0.0618 e. The van der Waals surface area contributed by atoms with E-state index in [1.807, 2.05) is 7.11 Å². The lowest BCUT2D eigenvalue weighted by Gasteiger charge is -2.38. The lowest BCUT2D eigenvalue weighted by molar-refractivity contribution is -0.0392. The van der Waals surface area contributed by atoms with Crippen LogP contribution in [0.1, 0.15) is 6.42 Å². The lowest BCUT2D eigenvalue weighted by atomic mass is 9.73. The molecular formula is C8H15NO. The summed E-state index contributed by atoms with van der Waals surface area (Å²) in [7, 11) is 4.03. The molecule has 0 spiro atoms. The third-order valence-corrected chi connectivity index (χ3v) is 2.99. The highest BCUT2D eigenvalue weighted by atomic mass is 16.5. The topological polar surface area (TPSA) is 12.5 Å². The van der Waals surface area contributed by atoms with Crippen LogP contribution in [-0.4, -0.2) is 38.3 Å². The standard InChI is InChI=1S/C8H15NO/c1-9-4-6-3-8(10-2)7(6)5-9/h6-8H,3-5H2,1-2H3.